The highest BCUT2D eigenvalue weighted by Gasteiger charge is 2.35. The molecule has 2 unspecified atom stereocenters. The van der Waals surface area contributed by atoms with Crippen LogP contribution in [0.1, 0.15) is 53.9 Å². The first-order valence-electron chi connectivity index (χ1n) is 6.31. The third kappa shape index (κ3) is 3.46. The van der Waals surface area contributed by atoms with Crippen LogP contribution in [0.3, 0.4) is 0 Å². The summed E-state index contributed by atoms with van der Waals surface area (Å²) >= 11 is 0. The Balaban J connectivity index is 2.68. The summed E-state index contributed by atoms with van der Waals surface area (Å²) in [6.07, 6.45) is 3.98. The summed E-state index contributed by atoms with van der Waals surface area (Å²) < 4.78 is 0. The van der Waals surface area contributed by atoms with Crippen LogP contribution >= 0.6 is 0 Å². The van der Waals surface area contributed by atoms with E-state index >= 15 is 0 Å². The fraction of sp³-hybridized carbons (Fsp3) is 1.00. The van der Waals surface area contributed by atoms with E-state index in [-0.39, 0.29) is 0 Å². The van der Waals surface area contributed by atoms with Crippen LogP contribution in [0.5, 0.6) is 0 Å². The largest absolute Gasteiger partial charge is 0.318 e. The van der Waals surface area contributed by atoms with Crippen molar-refractivity contribution in [1.82, 2.24) is 4.90 Å². The lowest BCUT2D eigenvalue weighted by atomic mass is 9.70. The monoisotopic (exact) mass is 212 g/mol. The van der Waals surface area contributed by atoms with Crippen LogP contribution < -0.4 is 5.73 Å². The molecular weight excluding hydrogens is 184 g/mol. The van der Waals surface area contributed by atoms with Crippen LogP contribution in [0.2, 0.25) is 0 Å². The highest BCUT2D eigenvalue weighted by Crippen LogP contribution is 2.40. The average Bonchev–Trinajstić information content (AvgIpc) is 1.99. The van der Waals surface area contributed by atoms with Gasteiger partial charge in [-0.3, -0.25) is 4.90 Å². The van der Waals surface area contributed by atoms with Gasteiger partial charge in [-0.25, -0.2) is 0 Å². The van der Waals surface area contributed by atoms with Gasteiger partial charge in [-0.1, -0.05) is 20.8 Å². The number of nitrogens with zero attached hydrogens (tertiary/aromatic N) is 1. The highest BCUT2D eigenvalue weighted by atomic mass is 15.2. The standard InChI is InChI=1S/C13H28N2/c1-10(2)15(9-14)12-6-11(3)7-13(4,5)8-12/h10-12H,6-9,14H2,1-5H3. The Bertz CT molecular complexity index is 199. The minimum atomic E-state index is 0.491. The van der Waals surface area contributed by atoms with Gasteiger partial charge in [-0.15, -0.1) is 0 Å². The first kappa shape index (κ1) is 13.0. The van der Waals surface area contributed by atoms with E-state index in [1.165, 1.54) is 19.3 Å². The third-order valence-corrected chi connectivity index (χ3v) is 3.71. The van der Waals surface area contributed by atoms with Gasteiger partial charge in [0.15, 0.2) is 0 Å². The van der Waals surface area contributed by atoms with E-state index in [0.29, 0.717) is 24.2 Å². The minimum absolute atomic E-state index is 0.491. The van der Waals surface area contributed by atoms with Crippen LogP contribution in [0.4, 0.5) is 0 Å². The fourth-order valence-corrected chi connectivity index (χ4v) is 3.33. The van der Waals surface area contributed by atoms with Crippen molar-refractivity contribution in [2.45, 2.75) is 66.0 Å². The van der Waals surface area contributed by atoms with E-state index in [4.69, 9.17) is 5.73 Å². The fourth-order valence-electron chi connectivity index (χ4n) is 3.33. The van der Waals surface area contributed by atoms with Crippen molar-refractivity contribution in [3.63, 3.8) is 0 Å². The van der Waals surface area contributed by atoms with Gasteiger partial charge in [0.1, 0.15) is 0 Å². The maximum absolute atomic E-state index is 5.86. The molecule has 2 nitrogen and oxygen atoms in total. The van der Waals surface area contributed by atoms with Gasteiger partial charge < -0.3 is 5.73 Å². The Hall–Kier alpha value is -0.0800. The van der Waals surface area contributed by atoms with Gasteiger partial charge in [0.25, 0.3) is 0 Å². The Morgan fingerprint density at radius 1 is 1.33 bits per heavy atom. The van der Waals surface area contributed by atoms with Crippen molar-refractivity contribution in [3.05, 3.63) is 0 Å². The third-order valence-electron chi connectivity index (χ3n) is 3.71. The molecule has 2 N–H and O–H groups in total. The molecule has 15 heavy (non-hydrogen) atoms. The molecule has 0 aromatic heterocycles. The lowest BCUT2D eigenvalue weighted by Gasteiger charge is -2.45. The molecule has 0 radical (unpaired) electrons. The van der Waals surface area contributed by atoms with E-state index in [2.05, 4.69) is 39.5 Å². The van der Waals surface area contributed by atoms with E-state index in [1.54, 1.807) is 0 Å². The summed E-state index contributed by atoms with van der Waals surface area (Å²) in [5.41, 5.74) is 6.36. The van der Waals surface area contributed by atoms with Crippen molar-refractivity contribution >= 4 is 0 Å². The molecule has 2 heteroatoms. The second-order valence-corrected chi connectivity index (χ2v) is 6.36. The zero-order chi connectivity index (χ0) is 11.6. The van der Waals surface area contributed by atoms with Crippen LogP contribution in [-0.4, -0.2) is 23.7 Å². The normalized spacial score (nSPS) is 31.2. The first-order valence-corrected chi connectivity index (χ1v) is 6.31. The topological polar surface area (TPSA) is 29.3 Å². The molecule has 0 amide bonds. The predicted octanol–water partition coefficient (Wildman–Crippen LogP) is 2.83. The first-order chi connectivity index (χ1) is 6.85. The molecule has 2 atom stereocenters. The molecule has 90 valence electrons. The van der Waals surface area contributed by atoms with E-state index in [0.717, 1.165) is 5.92 Å². The lowest BCUT2D eigenvalue weighted by molar-refractivity contribution is 0.0497. The Labute approximate surface area is 95.2 Å². The molecule has 1 aliphatic carbocycles. The summed E-state index contributed by atoms with van der Waals surface area (Å²) in [6.45, 7) is 12.4. The molecule has 0 aliphatic heterocycles. The number of nitrogens with two attached hydrogens (primary N) is 1. The summed E-state index contributed by atoms with van der Waals surface area (Å²) in [4.78, 5) is 2.46. The summed E-state index contributed by atoms with van der Waals surface area (Å²) in [5.74, 6) is 0.839. The maximum Gasteiger partial charge on any atom is 0.0460 e. The number of hydrogen-bond donors (Lipinski definition) is 1. The molecule has 1 saturated carbocycles. The van der Waals surface area contributed by atoms with Gasteiger partial charge in [-0.05, 0) is 44.4 Å². The van der Waals surface area contributed by atoms with E-state index in [1.807, 2.05) is 0 Å². The molecule has 0 aromatic carbocycles. The molecule has 1 fully saturated rings. The summed E-state index contributed by atoms with van der Waals surface area (Å²) in [6, 6.07) is 1.26. The molecular formula is C13H28N2. The zero-order valence-corrected chi connectivity index (χ0v) is 11.1. The Kier molecular flexibility index (Phi) is 4.19. The van der Waals surface area contributed by atoms with Gasteiger partial charge in [0.2, 0.25) is 0 Å². The van der Waals surface area contributed by atoms with Crippen LogP contribution in [0.15, 0.2) is 0 Å². The quantitative estimate of drug-likeness (QED) is 0.729. The predicted molar refractivity (Wildman–Crippen MR) is 66.6 cm³/mol. The van der Waals surface area contributed by atoms with Crippen molar-refractivity contribution < 1.29 is 0 Å². The van der Waals surface area contributed by atoms with Gasteiger partial charge in [-0.2, -0.15) is 0 Å². The van der Waals surface area contributed by atoms with Gasteiger partial charge >= 0.3 is 0 Å². The second kappa shape index (κ2) is 4.84. The molecule has 0 spiro atoms. The van der Waals surface area contributed by atoms with Gasteiger partial charge in [0, 0.05) is 18.8 Å². The lowest BCUT2D eigenvalue weighted by Crippen LogP contribution is -2.48. The van der Waals surface area contributed by atoms with Gasteiger partial charge in [0.05, 0.1) is 0 Å². The smallest absolute Gasteiger partial charge is 0.0460 e. The second-order valence-electron chi connectivity index (χ2n) is 6.36. The average molecular weight is 212 g/mol. The van der Waals surface area contributed by atoms with Crippen LogP contribution in [0, 0.1) is 11.3 Å². The molecule has 1 rings (SSSR count). The number of rotatable bonds is 3. The molecule has 1 aliphatic rings. The molecule has 0 aromatic rings. The van der Waals surface area contributed by atoms with Crippen molar-refractivity contribution in [2.75, 3.05) is 6.67 Å². The van der Waals surface area contributed by atoms with Crippen LogP contribution in [-0.2, 0) is 0 Å². The molecule has 0 bridgehead atoms. The van der Waals surface area contributed by atoms with Crippen LogP contribution in [0.25, 0.3) is 0 Å². The maximum atomic E-state index is 5.86. The Morgan fingerprint density at radius 3 is 2.33 bits per heavy atom. The van der Waals surface area contributed by atoms with Crippen molar-refractivity contribution in [1.29, 1.82) is 0 Å². The molecule has 0 saturated heterocycles. The van der Waals surface area contributed by atoms with Crippen molar-refractivity contribution in [3.8, 4) is 0 Å². The highest BCUT2D eigenvalue weighted by molar-refractivity contribution is 4.88. The summed E-state index contributed by atoms with van der Waals surface area (Å²) in [5, 5.41) is 0. The minimum Gasteiger partial charge on any atom is -0.318 e. The zero-order valence-electron chi connectivity index (χ0n) is 11.1. The van der Waals surface area contributed by atoms with Crippen molar-refractivity contribution in [2.24, 2.45) is 17.1 Å². The Morgan fingerprint density at radius 2 is 1.93 bits per heavy atom. The van der Waals surface area contributed by atoms with E-state index < -0.39 is 0 Å². The van der Waals surface area contributed by atoms with E-state index in [9.17, 15) is 0 Å². The number of hydrogen-bond acceptors (Lipinski definition) is 2. The SMILES string of the molecule is CC1CC(N(CN)C(C)C)CC(C)(C)C1. The summed E-state index contributed by atoms with van der Waals surface area (Å²) in [7, 11) is 0. The molecule has 0 heterocycles.